The van der Waals surface area contributed by atoms with Crippen LogP contribution in [0, 0.1) is 0 Å². The maximum Gasteiger partial charge on any atom is 0.418 e. The summed E-state index contributed by atoms with van der Waals surface area (Å²) in [6.45, 7) is 3.72. The van der Waals surface area contributed by atoms with Crippen LogP contribution in [0.2, 0.25) is 0 Å². The van der Waals surface area contributed by atoms with E-state index in [0.717, 1.165) is 12.1 Å². The number of halogens is 3. The Morgan fingerprint density at radius 2 is 1.67 bits per heavy atom. The molecule has 0 aliphatic rings. The Labute approximate surface area is 172 Å². The van der Waals surface area contributed by atoms with Crippen LogP contribution in [-0.2, 0) is 15.8 Å². The molecule has 0 fully saturated rings. The van der Waals surface area contributed by atoms with Gasteiger partial charge in [-0.25, -0.2) is 0 Å². The monoisotopic (exact) mass is 424 g/mol. The summed E-state index contributed by atoms with van der Waals surface area (Å²) in [6.07, 6.45) is -4.41. The summed E-state index contributed by atoms with van der Waals surface area (Å²) in [5.41, 5.74) is -1.41. The van der Waals surface area contributed by atoms with Gasteiger partial charge in [-0.15, -0.1) is 0 Å². The van der Waals surface area contributed by atoms with Crippen LogP contribution in [0.15, 0.2) is 42.5 Å². The minimum Gasteiger partial charge on any atom is -0.490 e. The number of nitrogens with one attached hydrogen (secondary N) is 2. The quantitative estimate of drug-likeness (QED) is 0.564. The Hall–Kier alpha value is -3.23. The van der Waals surface area contributed by atoms with E-state index in [4.69, 9.17) is 9.47 Å². The fourth-order valence-electron chi connectivity index (χ4n) is 2.64. The zero-order chi connectivity index (χ0) is 22.1. The molecule has 2 aromatic carbocycles. The summed E-state index contributed by atoms with van der Waals surface area (Å²) < 4.78 is 51.0. The molecule has 0 aliphatic heterocycles. The molecule has 0 saturated heterocycles. The van der Waals surface area contributed by atoms with E-state index in [-0.39, 0.29) is 24.4 Å². The molecule has 0 spiro atoms. The molecule has 0 aliphatic carbocycles. The number of rotatable bonds is 9. The van der Waals surface area contributed by atoms with E-state index >= 15 is 0 Å². The number of alkyl halides is 3. The molecule has 0 heterocycles. The Kier molecular flexibility index (Phi) is 8.08. The number of carbonyl (C=O) groups excluding carboxylic acids is 2. The third kappa shape index (κ3) is 6.98. The SMILES string of the molecule is CCOc1ccccc1OCCCC(=O)Nc1ccc(NC(C)=O)cc1C(F)(F)F. The molecule has 0 aromatic heterocycles. The first-order valence-corrected chi connectivity index (χ1v) is 9.34. The topological polar surface area (TPSA) is 76.7 Å². The van der Waals surface area contributed by atoms with Gasteiger partial charge in [0.25, 0.3) is 0 Å². The Morgan fingerprint density at radius 1 is 1.00 bits per heavy atom. The molecule has 0 atom stereocenters. The van der Waals surface area contributed by atoms with E-state index in [1.54, 1.807) is 24.3 Å². The molecular weight excluding hydrogens is 401 g/mol. The first-order chi connectivity index (χ1) is 14.2. The average Bonchev–Trinajstić information content (AvgIpc) is 2.66. The number of hydrogen-bond donors (Lipinski definition) is 2. The number of anilines is 2. The van der Waals surface area contributed by atoms with Crippen molar-refractivity contribution in [2.45, 2.75) is 32.9 Å². The first kappa shape index (κ1) is 23.1. The Morgan fingerprint density at radius 3 is 2.27 bits per heavy atom. The molecule has 0 radical (unpaired) electrons. The van der Waals surface area contributed by atoms with Crippen LogP contribution >= 0.6 is 0 Å². The van der Waals surface area contributed by atoms with Crippen molar-refractivity contribution in [3.05, 3.63) is 48.0 Å². The van der Waals surface area contributed by atoms with Crippen molar-refractivity contribution in [3.63, 3.8) is 0 Å². The van der Waals surface area contributed by atoms with E-state index in [2.05, 4.69) is 10.6 Å². The maximum atomic E-state index is 13.3. The lowest BCUT2D eigenvalue weighted by Gasteiger charge is -2.16. The van der Waals surface area contributed by atoms with Crippen LogP contribution in [0.3, 0.4) is 0 Å². The molecule has 2 rings (SSSR count). The van der Waals surface area contributed by atoms with Crippen molar-refractivity contribution in [1.82, 2.24) is 0 Å². The van der Waals surface area contributed by atoms with E-state index in [1.807, 2.05) is 6.92 Å². The predicted octanol–water partition coefficient (Wildman–Crippen LogP) is 4.86. The third-order valence-corrected chi connectivity index (χ3v) is 3.87. The summed E-state index contributed by atoms with van der Waals surface area (Å²) in [4.78, 5) is 23.2. The molecule has 2 N–H and O–H groups in total. The maximum absolute atomic E-state index is 13.3. The molecule has 0 bridgehead atoms. The van der Waals surface area contributed by atoms with Gasteiger partial charge in [0.1, 0.15) is 0 Å². The summed E-state index contributed by atoms with van der Waals surface area (Å²) in [5.74, 6) is 0.0477. The predicted molar refractivity (Wildman–Crippen MR) is 107 cm³/mol. The lowest BCUT2D eigenvalue weighted by atomic mass is 10.1. The number of benzene rings is 2. The highest BCUT2D eigenvalue weighted by Gasteiger charge is 2.34. The first-order valence-electron chi connectivity index (χ1n) is 9.34. The Bertz CT molecular complexity index is 885. The zero-order valence-corrected chi connectivity index (χ0v) is 16.6. The van der Waals surface area contributed by atoms with Crippen molar-refractivity contribution in [2.75, 3.05) is 23.8 Å². The molecule has 6 nitrogen and oxygen atoms in total. The molecule has 0 saturated carbocycles. The second-order valence-electron chi connectivity index (χ2n) is 6.32. The van der Waals surface area contributed by atoms with Gasteiger partial charge in [-0.05, 0) is 43.7 Å². The van der Waals surface area contributed by atoms with Gasteiger partial charge in [-0.1, -0.05) is 12.1 Å². The van der Waals surface area contributed by atoms with Crippen LogP contribution in [0.1, 0.15) is 32.3 Å². The van der Waals surface area contributed by atoms with Gasteiger partial charge in [-0.3, -0.25) is 9.59 Å². The van der Waals surface area contributed by atoms with Gasteiger partial charge in [0.2, 0.25) is 11.8 Å². The van der Waals surface area contributed by atoms with Crippen molar-refractivity contribution in [3.8, 4) is 11.5 Å². The highest BCUT2D eigenvalue weighted by molar-refractivity contribution is 5.93. The number of carbonyl (C=O) groups is 2. The van der Waals surface area contributed by atoms with Crippen LogP contribution < -0.4 is 20.1 Å². The van der Waals surface area contributed by atoms with Crippen LogP contribution in [0.4, 0.5) is 24.5 Å². The lowest BCUT2D eigenvalue weighted by molar-refractivity contribution is -0.137. The second kappa shape index (κ2) is 10.5. The van der Waals surface area contributed by atoms with E-state index in [9.17, 15) is 22.8 Å². The summed E-state index contributed by atoms with van der Waals surface area (Å²) in [6, 6.07) is 10.3. The van der Waals surface area contributed by atoms with Gasteiger partial charge in [0.05, 0.1) is 24.5 Å². The largest absolute Gasteiger partial charge is 0.490 e. The van der Waals surface area contributed by atoms with E-state index < -0.39 is 23.6 Å². The average molecular weight is 424 g/mol. The second-order valence-corrected chi connectivity index (χ2v) is 6.32. The molecule has 2 aromatic rings. The lowest BCUT2D eigenvalue weighted by Crippen LogP contribution is -2.18. The minimum absolute atomic E-state index is 0.00538. The van der Waals surface area contributed by atoms with Gasteiger partial charge >= 0.3 is 6.18 Å². The minimum atomic E-state index is -4.69. The highest BCUT2D eigenvalue weighted by atomic mass is 19.4. The standard InChI is InChI=1S/C21H23F3N2O4/c1-3-29-18-7-4-5-8-19(18)30-12-6-9-20(28)26-17-11-10-15(25-14(2)27)13-16(17)21(22,23)24/h4-5,7-8,10-11,13H,3,6,9,12H2,1-2H3,(H,25,27)(H,26,28). The van der Waals surface area contributed by atoms with Gasteiger partial charge in [0, 0.05) is 19.0 Å². The smallest absolute Gasteiger partial charge is 0.418 e. The summed E-state index contributed by atoms with van der Waals surface area (Å²) in [5, 5.41) is 4.57. The fraction of sp³-hybridized carbons (Fsp3) is 0.333. The summed E-state index contributed by atoms with van der Waals surface area (Å²) >= 11 is 0. The number of ether oxygens (including phenoxy) is 2. The fourth-order valence-corrected chi connectivity index (χ4v) is 2.64. The van der Waals surface area contributed by atoms with E-state index in [1.165, 1.54) is 13.0 Å². The Balaban J connectivity index is 1.94. The van der Waals surface area contributed by atoms with Crippen LogP contribution in [0.5, 0.6) is 11.5 Å². The van der Waals surface area contributed by atoms with Gasteiger partial charge < -0.3 is 20.1 Å². The molecule has 0 unspecified atom stereocenters. The number of hydrogen-bond acceptors (Lipinski definition) is 4. The van der Waals surface area contributed by atoms with Crippen molar-refractivity contribution in [2.24, 2.45) is 0 Å². The normalized spacial score (nSPS) is 11.0. The van der Waals surface area contributed by atoms with Gasteiger partial charge in [-0.2, -0.15) is 13.2 Å². The molecular formula is C21H23F3N2O4. The van der Waals surface area contributed by atoms with Crippen LogP contribution in [0.25, 0.3) is 0 Å². The van der Waals surface area contributed by atoms with Gasteiger partial charge in [0.15, 0.2) is 11.5 Å². The number of para-hydroxylation sites is 2. The van der Waals surface area contributed by atoms with Crippen LogP contribution in [-0.4, -0.2) is 25.0 Å². The highest BCUT2D eigenvalue weighted by Crippen LogP contribution is 2.36. The zero-order valence-electron chi connectivity index (χ0n) is 16.6. The molecule has 162 valence electrons. The molecule has 9 heteroatoms. The third-order valence-electron chi connectivity index (χ3n) is 3.87. The summed E-state index contributed by atoms with van der Waals surface area (Å²) in [7, 11) is 0. The molecule has 2 amide bonds. The van der Waals surface area contributed by atoms with E-state index in [0.29, 0.717) is 24.5 Å². The number of amides is 2. The molecule has 30 heavy (non-hydrogen) atoms. The van der Waals surface area contributed by atoms with Crippen molar-refractivity contribution in [1.29, 1.82) is 0 Å². The van der Waals surface area contributed by atoms with Crippen molar-refractivity contribution < 1.29 is 32.2 Å². The van der Waals surface area contributed by atoms with Crippen molar-refractivity contribution >= 4 is 23.2 Å².